The van der Waals surface area contributed by atoms with E-state index < -0.39 is 11.9 Å². The smallest absolute Gasteiger partial charge is 0.156 e. The summed E-state index contributed by atoms with van der Waals surface area (Å²) >= 11 is 5.88. The lowest BCUT2D eigenvalue weighted by Crippen LogP contribution is -2.41. The largest absolute Gasteiger partial charge is 0.361 e. The van der Waals surface area contributed by atoms with Crippen LogP contribution < -0.4 is 0 Å². The molecule has 1 aliphatic heterocycles. The van der Waals surface area contributed by atoms with Crippen molar-refractivity contribution >= 4 is 11.6 Å². The molecular weight excluding hydrogens is 243 g/mol. The normalized spacial score (nSPS) is 21.1. The average molecular weight is 255 g/mol. The third kappa shape index (κ3) is 2.95. The van der Waals surface area contributed by atoms with E-state index in [0.717, 1.165) is 12.1 Å². The molecular formula is C12H12ClFN2O. The summed E-state index contributed by atoms with van der Waals surface area (Å²) in [5, 5.41) is 8.95. The van der Waals surface area contributed by atoms with Crippen molar-refractivity contribution in [3.05, 3.63) is 34.6 Å². The topological polar surface area (TPSA) is 36.3 Å². The molecule has 1 fully saturated rings. The van der Waals surface area contributed by atoms with Gasteiger partial charge in [0.15, 0.2) is 6.10 Å². The number of nitriles is 1. The number of hydrogen-bond acceptors (Lipinski definition) is 3. The molecule has 0 radical (unpaired) electrons. The summed E-state index contributed by atoms with van der Waals surface area (Å²) in [6, 6.07) is 6.84. The maximum absolute atomic E-state index is 13.2. The van der Waals surface area contributed by atoms with Gasteiger partial charge in [0.25, 0.3) is 0 Å². The average Bonchev–Trinajstić information content (AvgIpc) is 2.35. The van der Waals surface area contributed by atoms with Gasteiger partial charge in [0.05, 0.1) is 17.7 Å². The fraction of sp³-hybridized carbons (Fsp3) is 0.417. The highest BCUT2D eigenvalue weighted by Gasteiger charge is 2.20. The molecule has 0 spiro atoms. The van der Waals surface area contributed by atoms with Gasteiger partial charge < -0.3 is 4.74 Å². The summed E-state index contributed by atoms with van der Waals surface area (Å²) in [4.78, 5) is 2.04. The number of ether oxygens (including phenoxy) is 1. The Labute approximate surface area is 104 Å². The maximum atomic E-state index is 13.2. The zero-order valence-corrected chi connectivity index (χ0v) is 9.95. The number of nitrogens with zero attached hydrogens (tertiary/aromatic N) is 2. The number of morpholine rings is 1. The number of rotatable bonds is 2. The van der Waals surface area contributed by atoms with Crippen LogP contribution in [-0.4, -0.2) is 30.7 Å². The van der Waals surface area contributed by atoms with Gasteiger partial charge in [-0.3, -0.25) is 4.90 Å². The number of hydrogen-bond donors (Lipinski definition) is 0. The molecule has 1 atom stereocenters. The first-order valence-corrected chi connectivity index (χ1v) is 5.75. The summed E-state index contributed by atoms with van der Waals surface area (Å²) in [6.45, 7) is 2.32. The second-order valence-electron chi connectivity index (χ2n) is 3.94. The summed E-state index contributed by atoms with van der Waals surface area (Å²) in [6.07, 6.45) is -0.406. The molecule has 0 amide bonds. The third-order valence-corrected chi connectivity index (χ3v) is 3.14. The van der Waals surface area contributed by atoms with Crippen LogP contribution in [0.15, 0.2) is 18.2 Å². The Kier molecular flexibility index (Phi) is 3.95. The monoisotopic (exact) mass is 254 g/mol. The van der Waals surface area contributed by atoms with Gasteiger partial charge >= 0.3 is 0 Å². The summed E-state index contributed by atoms with van der Waals surface area (Å²) in [5.41, 5.74) is 0.741. The Hall–Kier alpha value is -1.15. The van der Waals surface area contributed by atoms with Crippen molar-refractivity contribution in [2.24, 2.45) is 0 Å². The molecule has 1 aromatic carbocycles. The molecule has 1 aliphatic rings. The van der Waals surface area contributed by atoms with E-state index in [1.165, 1.54) is 6.07 Å². The lowest BCUT2D eigenvalue weighted by Gasteiger charge is -2.29. The first kappa shape index (κ1) is 12.3. The summed E-state index contributed by atoms with van der Waals surface area (Å²) < 4.78 is 18.5. The zero-order valence-electron chi connectivity index (χ0n) is 9.20. The Morgan fingerprint density at radius 2 is 2.41 bits per heavy atom. The van der Waals surface area contributed by atoms with Gasteiger partial charge in [0.2, 0.25) is 0 Å². The van der Waals surface area contributed by atoms with Crippen molar-refractivity contribution in [3.8, 4) is 6.07 Å². The molecule has 5 heteroatoms. The van der Waals surface area contributed by atoms with E-state index >= 15 is 0 Å². The fourth-order valence-electron chi connectivity index (χ4n) is 1.84. The molecule has 1 aromatic rings. The van der Waals surface area contributed by atoms with Crippen molar-refractivity contribution in [1.29, 1.82) is 5.26 Å². The van der Waals surface area contributed by atoms with Crippen molar-refractivity contribution < 1.29 is 9.13 Å². The lowest BCUT2D eigenvalue weighted by molar-refractivity contribution is -0.00270. The van der Waals surface area contributed by atoms with Gasteiger partial charge in [-0.15, -0.1) is 0 Å². The highest BCUT2D eigenvalue weighted by Crippen LogP contribution is 2.21. The van der Waals surface area contributed by atoms with Gasteiger partial charge in [-0.05, 0) is 11.6 Å². The SMILES string of the molecule is N#CC1CN(Cc2cccc(F)c2Cl)CCO1. The van der Waals surface area contributed by atoms with Crippen LogP contribution >= 0.6 is 11.6 Å². The van der Waals surface area contributed by atoms with Gasteiger partial charge in [0, 0.05) is 19.6 Å². The molecule has 0 bridgehead atoms. The van der Waals surface area contributed by atoms with Gasteiger partial charge in [-0.25, -0.2) is 4.39 Å². The second-order valence-corrected chi connectivity index (χ2v) is 4.31. The molecule has 17 heavy (non-hydrogen) atoms. The van der Waals surface area contributed by atoms with Gasteiger partial charge in [-0.1, -0.05) is 23.7 Å². The van der Waals surface area contributed by atoms with Crippen LogP contribution in [0.1, 0.15) is 5.56 Å². The van der Waals surface area contributed by atoms with Gasteiger partial charge in [-0.2, -0.15) is 5.26 Å². The maximum Gasteiger partial charge on any atom is 0.156 e. The van der Waals surface area contributed by atoms with E-state index in [0.29, 0.717) is 19.7 Å². The molecule has 1 unspecified atom stereocenters. The molecule has 90 valence electrons. The first-order chi connectivity index (χ1) is 8.20. The van der Waals surface area contributed by atoms with Crippen molar-refractivity contribution in [2.45, 2.75) is 12.6 Å². The molecule has 0 aliphatic carbocycles. The minimum absolute atomic E-state index is 0.160. The van der Waals surface area contributed by atoms with E-state index in [1.54, 1.807) is 12.1 Å². The van der Waals surface area contributed by atoms with E-state index in [-0.39, 0.29) is 5.02 Å². The van der Waals surface area contributed by atoms with Crippen LogP contribution in [0, 0.1) is 17.1 Å². The van der Waals surface area contributed by atoms with Crippen LogP contribution in [-0.2, 0) is 11.3 Å². The highest BCUT2D eigenvalue weighted by atomic mass is 35.5. The summed E-state index contributed by atoms with van der Waals surface area (Å²) in [7, 11) is 0. The Bertz CT molecular complexity index is 447. The van der Waals surface area contributed by atoms with Crippen LogP contribution in [0.4, 0.5) is 4.39 Å². The molecule has 1 saturated heterocycles. The Balaban J connectivity index is 2.06. The van der Waals surface area contributed by atoms with Crippen molar-refractivity contribution in [1.82, 2.24) is 4.90 Å². The number of halogens is 2. The number of benzene rings is 1. The lowest BCUT2D eigenvalue weighted by atomic mass is 10.2. The standard InChI is InChI=1S/C12H12ClFN2O/c13-12-9(2-1-3-11(12)14)7-16-4-5-17-10(6-15)8-16/h1-3,10H,4-5,7-8H2. The Morgan fingerprint density at radius 3 is 3.18 bits per heavy atom. The molecule has 3 nitrogen and oxygen atoms in total. The fourth-order valence-corrected chi connectivity index (χ4v) is 2.02. The van der Waals surface area contributed by atoms with E-state index in [2.05, 4.69) is 6.07 Å². The third-order valence-electron chi connectivity index (χ3n) is 2.72. The quantitative estimate of drug-likeness (QED) is 0.812. The first-order valence-electron chi connectivity index (χ1n) is 5.37. The van der Waals surface area contributed by atoms with Crippen LogP contribution in [0.5, 0.6) is 0 Å². The minimum Gasteiger partial charge on any atom is -0.361 e. The van der Waals surface area contributed by atoms with E-state index in [1.807, 2.05) is 4.90 Å². The predicted molar refractivity (Wildman–Crippen MR) is 62.0 cm³/mol. The minimum atomic E-state index is -0.408. The molecule has 0 saturated carbocycles. The molecule has 2 rings (SSSR count). The Morgan fingerprint density at radius 1 is 1.59 bits per heavy atom. The highest BCUT2D eigenvalue weighted by molar-refractivity contribution is 6.31. The summed E-state index contributed by atoms with van der Waals surface area (Å²) in [5.74, 6) is -0.408. The zero-order chi connectivity index (χ0) is 12.3. The van der Waals surface area contributed by atoms with Gasteiger partial charge in [0.1, 0.15) is 5.82 Å². The molecule has 0 aromatic heterocycles. The predicted octanol–water partition coefficient (Wildman–Crippen LogP) is 2.20. The van der Waals surface area contributed by atoms with Crippen molar-refractivity contribution in [2.75, 3.05) is 19.7 Å². The van der Waals surface area contributed by atoms with Crippen LogP contribution in [0.2, 0.25) is 5.02 Å². The van der Waals surface area contributed by atoms with E-state index in [4.69, 9.17) is 21.6 Å². The van der Waals surface area contributed by atoms with Crippen molar-refractivity contribution in [3.63, 3.8) is 0 Å². The molecule has 0 N–H and O–H groups in total. The second kappa shape index (κ2) is 5.46. The van der Waals surface area contributed by atoms with E-state index in [9.17, 15) is 4.39 Å². The van der Waals surface area contributed by atoms with Crippen LogP contribution in [0.3, 0.4) is 0 Å². The molecule has 1 heterocycles. The van der Waals surface area contributed by atoms with Crippen LogP contribution in [0.25, 0.3) is 0 Å².